The van der Waals surface area contributed by atoms with Gasteiger partial charge in [0, 0.05) is 18.5 Å². The van der Waals surface area contributed by atoms with Gasteiger partial charge >= 0.3 is 0 Å². The molecule has 4 nitrogen and oxygen atoms in total. The van der Waals surface area contributed by atoms with Crippen molar-refractivity contribution in [3.05, 3.63) is 35.4 Å². The molecular formula is C14H18N2O2. The molecule has 0 radical (unpaired) electrons. The predicted octanol–water partition coefficient (Wildman–Crippen LogP) is 2.47. The molecular weight excluding hydrogens is 228 g/mol. The van der Waals surface area contributed by atoms with Crippen molar-refractivity contribution in [3.8, 4) is 17.0 Å². The lowest BCUT2D eigenvalue weighted by atomic mass is 10.0. The number of nitrogens with two attached hydrogens (primary N) is 1. The molecule has 0 unspecified atom stereocenters. The van der Waals surface area contributed by atoms with Gasteiger partial charge in [0.1, 0.15) is 17.7 Å². The first kappa shape index (κ1) is 12.6. The molecule has 2 N–H and O–H groups in total. The quantitative estimate of drug-likeness (QED) is 0.900. The molecule has 4 heteroatoms. The highest BCUT2D eigenvalue weighted by atomic mass is 16.5. The van der Waals surface area contributed by atoms with Gasteiger partial charge in [-0.05, 0) is 31.0 Å². The average molecular weight is 246 g/mol. The maximum atomic E-state index is 5.49. The lowest BCUT2D eigenvalue weighted by molar-refractivity contribution is 0.413. The summed E-state index contributed by atoms with van der Waals surface area (Å²) < 4.78 is 10.8. The van der Waals surface area contributed by atoms with Gasteiger partial charge in [0.05, 0.1) is 7.11 Å². The van der Waals surface area contributed by atoms with Crippen LogP contribution >= 0.6 is 0 Å². The van der Waals surface area contributed by atoms with Crippen molar-refractivity contribution in [1.82, 2.24) is 4.98 Å². The molecule has 0 saturated heterocycles. The van der Waals surface area contributed by atoms with E-state index < -0.39 is 0 Å². The van der Waals surface area contributed by atoms with E-state index in [0.29, 0.717) is 18.9 Å². The van der Waals surface area contributed by atoms with Crippen LogP contribution in [0.1, 0.15) is 17.0 Å². The number of ether oxygens (including phenoxy) is 1. The third kappa shape index (κ3) is 2.38. The van der Waals surface area contributed by atoms with E-state index in [1.54, 1.807) is 13.4 Å². The van der Waals surface area contributed by atoms with Crippen molar-refractivity contribution in [2.45, 2.75) is 20.3 Å². The number of methoxy groups -OCH3 is 1. The highest BCUT2D eigenvalue weighted by molar-refractivity contribution is 5.69. The molecule has 0 saturated carbocycles. The van der Waals surface area contributed by atoms with Crippen molar-refractivity contribution >= 4 is 0 Å². The van der Waals surface area contributed by atoms with Gasteiger partial charge in [-0.2, -0.15) is 0 Å². The summed E-state index contributed by atoms with van der Waals surface area (Å²) in [6.45, 7) is 4.61. The van der Waals surface area contributed by atoms with Crippen LogP contribution < -0.4 is 10.5 Å². The minimum atomic E-state index is 0.532. The van der Waals surface area contributed by atoms with E-state index in [9.17, 15) is 0 Å². The molecule has 0 spiro atoms. The second-order valence-corrected chi connectivity index (χ2v) is 4.33. The molecule has 0 fully saturated rings. The molecule has 0 aliphatic carbocycles. The van der Waals surface area contributed by atoms with Crippen molar-refractivity contribution in [2.75, 3.05) is 13.7 Å². The maximum Gasteiger partial charge on any atom is 0.195 e. The maximum absolute atomic E-state index is 5.49. The number of aryl methyl sites for hydroxylation is 2. The Balaban J connectivity index is 2.48. The van der Waals surface area contributed by atoms with Gasteiger partial charge in [-0.3, -0.25) is 0 Å². The minimum absolute atomic E-state index is 0.532. The zero-order valence-electron chi connectivity index (χ0n) is 11.0. The van der Waals surface area contributed by atoms with Crippen LogP contribution in [0.4, 0.5) is 0 Å². The first-order valence-electron chi connectivity index (χ1n) is 5.95. The number of hydrogen-bond acceptors (Lipinski definition) is 4. The smallest absolute Gasteiger partial charge is 0.195 e. The molecule has 2 aromatic rings. The Labute approximate surface area is 107 Å². The number of hydrogen-bond donors (Lipinski definition) is 1. The van der Waals surface area contributed by atoms with Crippen molar-refractivity contribution in [3.63, 3.8) is 0 Å². The van der Waals surface area contributed by atoms with Gasteiger partial charge in [-0.15, -0.1) is 0 Å². The van der Waals surface area contributed by atoms with Crippen LogP contribution in [0, 0.1) is 13.8 Å². The average Bonchev–Trinajstić information content (AvgIpc) is 2.77. The van der Waals surface area contributed by atoms with Gasteiger partial charge in [0.25, 0.3) is 0 Å². The molecule has 0 atom stereocenters. The van der Waals surface area contributed by atoms with E-state index in [0.717, 1.165) is 22.6 Å². The molecule has 0 aliphatic heterocycles. The first-order valence-corrected chi connectivity index (χ1v) is 5.95. The number of rotatable bonds is 4. The minimum Gasteiger partial charge on any atom is -0.496 e. The van der Waals surface area contributed by atoms with Gasteiger partial charge in [-0.25, -0.2) is 4.98 Å². The van der Waals surface area contributed by atoms with E-state index in [1.807, 2.05) is 6.92 Å². The number of aromatic nitrogens is 1. The molecule has 1 heterocycles. The van der Waals surface area contributed by atoms with Gasteiger partial charge in [-0.1, -0.05) is 6.07 Å². The molecule has 1 aromatic carbocycles. The first-order chi connectivity index (χ1) is 8.65. The van der Waals surface area contributed by atoms with Crippen LogP contribution in [0.5, 0.6) is 5.75 Å². The Morgan fingerprint density at radius 1 is 1.33 bits per heavy atom. The SMILES string of the molecule is COc1c(C)cc(C)cc1-c1coc(CCN)n1. The summed E-state index contributed by atoms with van der Waals surface area (Å²) in [4.78, 5) is 4.43. The fraction of sp³-hybridized carbons (Fsp3) is 0.357. The molecule has 2 rings (SSSR count). The summed E-state index contributed by atoms with van der Waals surface area (Å²) in [7, 11) is 1.67. The topological polar surface area (TPSA) is 61.3 Å². The van der Waals surface area contributed by atoms with Gasteiger partial charge < -0.3 is 14.9 Å². The largest absolute Gasteiger partial charge is 0.496 e. The summed E-state index contributed by atoms with van der Waals surface area (Å²) in [6, 6.07) is 4.14. The molecule has 96 valence electrons. The molecule has 0 amide bonds. The molecule has 0 bridgehead atoms. The number of benzene rings is 1. The summed E-state index contributed by atoms with van der Waals surface area (Å²) in [5.74, 6) is 1.50. The number of nitrogens with zero attached hydrogens (tertiary/aromatic N) is 1. The Hall–Kier alpha value is -1.81. The van der Waals surface area contributed by atoms with Crippen molar-refractivity contribution in [1.29, 1.82) is 0 Å². The molecule has 18 heavy (non-hydrogen) atoms. The van der Waals surface area contributed by atoms with Crippen molar-refractivity contribution < 1.29 is 9.15 Å². The lowest BCUT2D eigenvalue weighted by Crippen LogP contribution is -2.02. The van der Waals surface area contributed by atoms with E-state index in [4.69, 9.17) is 14.9 Å². The van der Waals surface area contributed by atoms with Crippen LogP contribution in [0.2, 0.25) is 0 Å². The Kier molecular flexibility index (Phi) is 3.67. The van der Waals surface area contributed by atoms with Gasteiger partial charge in [0.2, 0.25) is 0 Å². The molecule has 0 aliphatic rings. The van der Waals surface area contributed by atoms with E-state index in [-0.39, 0.29) is 0 Å². The van der Waals surface area contributed by atoms with E-state index >= 15 is 0 Å². The van der Waals surface area contributed by atoms with Crippen molar-refractivity contribution in [2.24, 2.45) is 5.73 Å². The van der Waals surface area contributed by atoms with Crippen LogP contribution in [0.25, 0.3) is 11.3 Å². The standard InChI is InChI=1S/C14H18N2O2/c1-9-6-10(2)14(17-3)11(7-9)12-8-18-13(16-12)4-5-15/h6-8H,4-5,15H2,1-3H3. The fourth-order valence-electron chi connectivity index (χ4n) is 2.09. The molecule has 1 aromatic heterocycles. The Morgan fingerprint density at radius 3 is 2.78 bits per heavy atom. The summed E-state index contributed by atoms with van der Waals surface area (Å²) >= 11 is 0. The third-order valence-electron chi connectivity index (χ3n) is 2.81. The van der Waals surface area contributed by atoms with Crippen LogP contribution in [-0.2, 0) is 6.42 Å². The van der Waals surface area contributed by atoms with Gasteiger partial charge in [0.15, 0.2) is 5.89 Å². The second kappa shape index (κ2) is 5.23. The fourth-order valence-corrected chi connectivity index (χ4v) is 2.09. The summed E-state index contributed by atoms with van der Waals surface area (Å²) in [5, 5.41) is 0. The monoisotopic (exact) mass is 246 g/mol. The summed E-state index contributed by atoms with van der Waals surface area (Å²) in [5.41, 5.74) is 9.51. The Morgan fingerprint density at radius 2 is 2.11 bits per heavy atom. The zero-order chi connectivity index (χ0) is 13.1. The van der Waals surface area contributed by atoms with E-state index in [1.165, 1.54) is 5.56 Å². The normalized spacial score (nSPS) is 10.7. The second-order valence-electron chi connectivity index (χ2n) is 4.33. The van der Waals surface area contributed by atoms with E-state index in [2.05, 4.69) is 24.0 Å². The van der Waals surface area contributed by atoms with Crippen LogP contribution in [-0.4, -0.2) is 18.6 Å². The summed E-state index contributed by atoms with van der Waals surface area (Å²) in [6.07, 6.45) is 2.30. The zero-order valence-corrected chi connectivity index (χ0v) is 11.0. The highest BCUT2D eigenvalue weighted by Crippen LogP contribution is 2.33. The third-order valence-corrected chi connectivity index (χ3v) is 2.81. The van der Waals surface area contributed by atoms with Crippen LogP contribution in [0.3, 0.4) is 0 Å². The number of oxazole rings is 1. The highest BCUT2D eigenvalue weighted by Gasteiger charge is 2.13. The lowest BCUT2D eigenvalue weighted by Gasteiger charge is -2.10. The Bertz CT molecular complexity index is 547. The predicted molar refractivity (Wildman–Crippen MR) is 70.7 cm³/mol. The van der Waals surface area contributed by atoms with Crippen LogP contribution in [0.15, 0.2) is 22.8 Å².